The molecule has 0 aliphatic rings. The van der Waals surface area contributed by atoms with E-state index in [0.717, 1.165) is 16.9 Å². The van der Waals surface area contributed by atoms with Gasteiger partial charge in [0.05, 0.1) is 5.38 Å². The molecule has 0 saturated carbocycles. The molecule has 0 fully saturated rings. The lowest BCUT2D eigenvalue weighted by Crippen LogP contribution is -2.14. The number of hydrogen-bond acceptors (Lipinski definition) is 2. The summed E-state index contributed by atoms with van der Waals surface area (Å²) in [6, 6.07) is 15.9. The smallest absolute Gasteiger partial charge is 0.147 e. The second kappa shape index (κ2) is 7.28. The van der Waals surface area contributed by atoms with E-state index in [2.05, 4.69) is 31.2 Å². The molecule has 0 N–H and O–H groups in total. The fourth-order valence-corrected chi connectivity index (χ4v) is 2.16. The Balaban J connectivity index is 2.06. The summed E-state index contributed by atoms with van der Waals surface area (Å²) in [5.74, 6) is 0.759. The zero-order valence-corrected chi connectivity index (χ0v) is 13.1. The second-order valence-electron chi connectivity index (χ2n) is 5.16. The van der Waals surface area contributed by atoms with E-state index in [0.29, 0.717) is 13.0 Å². The van der Waals surface area contributed by atoms with Gasteiger partial charge in [-0.1, -0.05) is 48.0 Å². The Labute approximate surface area is 130 Å². The minimum atomic E-state index is -0.505. The lowest BCUT2D eigenvalue weighted by molar-refractivity contribution is -0.116. The van der Waals surface area contributed by atoms with Gasteiger partial charge in [-0.25, -0.2) is 0 Å². The summed E-state index contributed by atoms with van der Waals surface area (Å²) < 4.78 is 5.87. The average Bonchev–Trinajstić information content (AvgIpc) is 2.48. The van der Waals surface area contributed by atoms with E-state index in [1.54, 1.807) is 0 Å². The minimum absolute atomic E-state index is 0.0231. The number of halogens is 1. The van der Waals surface area contributed by atoms with Gasteiger partial charge in [-0.2, -0.15) is 0 Å². The van der Waals surface area contributed by atoms with E-state index in [-0.39, 0.29) is 5.78 Å². The quantitative estimate of drug-likeness (QED) is 0.743. The van der Waals surface area contributed by atoms with Crippen molar-refractivity contribution < 1.29 is 9.53 Å². The maximum atomic E-state index is 11.3. The number of ether oxygens (including phenoxy) is 1. The van der Waals surface area contributed by atoms with Crippen molar-refractivity contribution in [1.29, 1.82) is 0 Å². The predicted octanol–water partition coefficient (Wildman–Crippen LogP) is 4.31. The molecule has 0 aliphatic carbocycles. The van der Waals surface area contributed by atoms with Gasteiger partial charge in [0.15, 0.2) is 0 Å². The van der Waals surface area contributed by atoms with Gasteiger partial charge < -0.3 is 4.74 Å². The van der Waals surface area contributed by atoms with Gasteiger partial charge in [-0.15, -0.1) is 11.6 Å². The summed E-state index contributed by atoms with van der Waals surface area (Å²) >= 11 is 6.05. The topological polar surface area (TPSA) is 26.3 Å². The largest absolute Gasteiger partial charge is 0.489 e. The minimum Gasteiger partial charge on any atom is -0.489 e. The monoisotopic (exact) mass is 302 g/mol. The van der Waals surface area contributed by atoms with Crippen LogP contribution in [0.5, 0.6) is 5.75 Å². The number of benzene rings is 2. The molecule has 0 aliphatic heterocycles. The number of Topliss-reactive ketones (excluding diaryl/α,β-unsaturated/α-hetero) is 1. The van der Waals surface area contributed by atoms with Crippen LogP contribution < -0.4 is 4.74 Å². The van der Waals surface area contributed by atoms with E-state index < -0.39 is 5.38 Å². The van der Waals surface area contributed by atoms with E-state index in [9.17, 15) is 4.79 Å². The highest BCUT2D eigenvalue weighted by atomic mass is 35.5. The zero-order valence-electron chi connectivity index (χ0n) is 12.3. The molecule has 0 bridgehead atoms. The average molecular weight is 303 g/mol. The molecule has 0 aromatic heterocycles. The Hall–Kier alpha value is -1.80. The van der Waals surface area contributed by atoms with Crippen molar-refractivity contribution in [2.75, 3.05) is 0 Å². The van der Waals surface area contributed by atoms with Crippen molar-refractivity contribution in [3.63, 3.8) is 0 Å². The molecule has 0 heterocycles. The van der Waals surface area contributed by atoms with Crippen LogP contribution in [0.1, 0.15) is 23.6 Å². The normalized spacial score (nSPS) is 12.0. The van der Waals surface area contributed by atoms with Crippen LogP contribution >= 0.6 is 11.6 Å². The van der Waals surface area contributed by atoms with Crippen LogP contribution in [0.3, 0.4) is 0 Å². The fourth-order valence-electron chi connectivity index (χ4n) is 2.00. The third-order valence-electron chi connectivity index (χ3n) is 3.33. The molecule has 21 heavy (non-hydrogen) atoms. The molecule has 2 rings (SSSR count). The van der Waals surface area contributed by atoms with Crippen molar-refractivity contribution in [2.45, 2.75) is 32.3 Å². The Morgan fingerprint density at radius 3 is 2.48 bits per heavy atom. The summed E-state index contributed by atoms with van der Waals surface area (Å²) in [6.07, 6.45) is 0.487. The Kier molecular flexibility index (Phi) is 5.40. The van der Waals surface area contributed by atoms with Crippen LogP contribution in [0.2, 0.25) is 0 Å². The second-order valence-corrected chi connectivity index (χ2v) is 5.69. The van der Waals surface area contributed by atoms with Crippen molar-refractivity contribution in [2.24, 2.45) is 0 Å². The summed E-state index contributed by atoms with van der Waals surface area (Å²) in [6.45, 7) is 4.07. The van der Waals surface area contributed by atoms with Crippen LogP contribution in [-0.2, 0) is 17.8 Å². The van der Waals surface area contributed by atoms with Crippen molar-refractivity contribution in [1.82, 2.24) is 0 Å². The van der Waals surface area contributed by atoms with Crippen LogP contribution in [0.4, 0.5) is 0 Å². The molecule has 110 valence electrons. The first-order valence-electron chi connectivity index (χ1n) is 6.97. The van der Waals surface area contributed by atoms with Gasteiger partial charge in [-0.05, 0) is 37.5 Å². The summed E-state index contributed by atoms with van der Waals surface area (Å²) in [5, 5.41) is -0.505. The highest BCUT2D eigenvalue weighted by Gasteiger charge is 2.14. The molecule has 0 saturated heterocycles. The lowest BCUT2D eigenvalue weighted by atomic mass is 10.1. The number of carbonyl (C=O) groups excluding carboxylic acids is 1. The van der Waals surface area contributed by atoms with E-state index in [1.165, 1.54) is 12.5 Å². The van der Waals surface area contributed by atoms with Gasteiger partial charge in [-0.3, -0.25) is 4.79 Å². The van der Waals surface area contributed by atoms with Crippen molar-refractivity contribution >= 4 is 17.4 Å². The van der Waals surface area contributed by atoms with Gasteiger partial charge in [0, 0.05) is 0 Å². The molecule has 2 aromatic rings. The first-order chi connectivity index (χ1) is 10.1. The standard InChI is InChI=1S/C18H19ClO2/c1-13-7-9-15(10-8-13)12-21-18-6-4-3-5-16(18)11-17(19)14(2)20/h3-10,17H,11-12H2,1-2H3. The molecular formula is C18H19ClO2. The SMILES string of the molecule is CC(=O)C(Cl)Cc1ccccc1OCc1ccc(C)cc1. The number of hydrogen-bond donors (Lipinski definition) is 0. The number of para-hydroxylation sites is 1. The number of ketones is 1. The highest BCUT2D eigenvalue weighted by molar-refractivity contribution is 6.30. The molecule has 1 atom stereocenters. The van der Waals surface area contributed by atoms with Crippen LogP contribution in [-0.4, -0.2) is 11.2 Å². The molecule has 0 spiro atoms. The lowest BCUT2D eigenvalue weighted by Gasteiger charge is -2.13. The first kappa shape index (κ1) is 15.6. The molecule has 0 amide bonds. The van der Waals surface area contributed by atoms with Gasteiger partial charge in [0.2, 0.25) is 0 Å². The molecule has 2 nitrogen and oxygen atoms in total. The Morgan fingerprint density at radius 2 is 1.81 bits per heavy atom. The first-order valence-corrected chi connectivity index (χ1v) is 7.40. The summed E-state index contributed by atoms with van der Waals surface area (Å²) in [4.78, 5) is 11.3. The number of alkyl halides is 1. The van der Waals surface area contributed by atoms with Crippen LogP contribution in [0.25, 0.3) is 0 Å². The van der Waals surface area contributed by atoms with Gasteiger partial charge >= 0.3 is 0 Å². The van der Waals surface area contributed by atoms with Crippen molar-refractivity contribution in [3.05, 3.63) is 65.2 Å². The van der Waals surface area contributed by atoms with Crippen LogP contribution in [0.15, 0.2) is 48.5 Å². The van der Waals surface area contributed by atoms with E-state index in [4.69, 9.17) is 16.3 Å². The fraction of sp³-hybridized carbons (Fsp3) is 0.278. The van der Waals surface area contributed by atoms with Crippen LogP contribution in [0, 0.1) is 6.92 Å². The molecule has 1 unspecified atom stereocenters. The predicted molar refractivity (Wildman–Crippen MR) is 86.0 cm³/mol. The third-order valence-corrected chi connectivity index (χ3v) is 3.79. The molecule has 2 aromatic carbocycles. The zero-order chi connectivity index (χ0) is 15.2. The summed E-state index contributed by atoms with van der Waals surface area (Å²) in [5.41, 5.74) is 3.30. The molecule has 3 heteroatoms. The Bertz CT molecular complexity index is 605. The number of rotatable bonds is 6. The molecular weight excluding hydrogens is 284 g/mol. The number of carbonyl (C=O) groups is 1. The van der Waals surface area contributed by atoms with Crippen molar-refractivity contribution in [3.8, 4) is 5.75 Å². The molecule has 0 radical (unpaired) electrons. The van der Waals surface area contributed by atoms with E-state index >= 15 is 0 Å². The maximum Gasteiger partial charge on any atom is 0.147 e. The highest BCUT2D eigenvalue weighted by Crippen LogP contribution is 2.22. The number of aryl methyl sites for hydroxylation is 1. The summed E-state index contributed by atoms with van der Waals surface area (Å²) in [7, 11) is 0. The third kappa shape index (κ3) is 4.61. The van der Waals surface area contributed by atoms with Gasteiger partial charge in [0.25, 0.3) is 0 Å². The van der Waals surface area contributed by atoms with Gasteiger partial charge in [0.1, 0.15) is 18.1 Å². The Morgan fingerprint density at radius 1 is 1.14 bits per heavy atom. The maximum absolute atomic E-state index is 11.3. The van der Waals surface area contributed by atoms with E-state index in [1.807, 2.05) is 24.3 Å².